The van der Waals surface area contributed by atoms with Crippen molar-refractivity contribution in [2.24, 2.45) is 11.1 Å². The predicted octanol–water partition coefficient (Wildman–Crippen LogP) is 0.393. The topological polar surface area (TPSA) is 75.3 Å². The van der Waals surface area contributed by atoms with Crippen LogP contribution in [0.25, 0.3) is 0 Å². The van der Waals surface area contributed by atoms with Gasteiger partial charge in [-0.1, -0.05) is 13.3 Å². The maximum absolute atomic E-state index is 11.7. The highest BCUT2D eigenvalue weighted by atomic mass is 16.3. The quantitative estimate of drug-likeness (QED) is 0.599. The number of aliphatic hydroxyl groups is 1. The van der Waals surface area contributed by atoms with E-state index in [0.717, 1.165) is 19.3 Å². The summed E-state index contributed by atoms with van der Waals surface area (Å²) < 4.78 is 0. The monoisotopic (exact) mass is 214 g/mol. The molecule has 0 radical (unpaired) electrons. The van der Waals surface area contributed by atoms with Gasteiger partial charge in [-0.05, 0) is 31.2 Å². The van der Waals surface area contributed by atoms with E-state index in [-0.39, 0.29) is 24.0 Å². The van der Waals surface area contributed by atoms with Crippen LogP contribution < -0.4 is 11.1 Å². The van der Waals surface area contributed by atoms with Gasteiger partial charge in [0.05, 0.1) is 12.6 Å². The van der Waals surface area contributed by atoms with Crippen LogP contribution in [0.1, 0.15) is 39.0 Å². The van der Waals surface area contributed by atoms with Crippen molar-refractivity contribution in [3.8, 4) is 0 Å². The van der Waals surface area contributed by atoms with Crippen molar-refractivity contribution in [1.82, 2.24) is 5.32 Å². The highest BCUT2D eigenvalue weighted by molar-refractivity contribution is 5.77. The van der Waals surface area contributed by atoms with Crippen LogP contribution >= 0.6 is 0 Å². The fraction of sp³-hybridized carbons (Fsp3) is 0.909. The first-order valence-corrected chi connectivity index (χ1v) is 5.76. The van der Waals surface area contributed by atoms with Crippen LogP contribution in [0.15, 0.2) is 0 Å². The molecule has 0 aromatic heterocycles. The highest BCUT2D eigenvalue weighted by Gasteiger charge is 2.37. The van der Waals surface area contributed by atoms with Gasteiger partial charge in [0.15, 0.2) is 0 Å². The number of amides is 1. The van der Waals surface area contributed by atoms with Crippen molar-refractivity contribution < 1.29 is 9.90 Å². The lowest BCUT2D eigenvalue weighted by atomic mass is 9.66. The molecule has 1 saturated carbocycles. The Balaban J connectivity index is 2.34. The number of nitrogens with two attached hydrogens (primary N) is 1. The molecule has 0 aromatic carbocycles. The lowest BCUT2D eigenvalue weighted by molar-refractivity contribution is -0.125. The third kappa shape index (κ3) is 3.18. The largest absolute Gasteiger partial charge is 0.394 e. The molecular weight excluding hydrogens is 192 g/mol. The van der Waals surface area contributed by atoms with E-state index in [1.165, 1.54) is 6.42 Å². The molecule has 4 heteroatoms. The van der Waals surface area contributed by atoms with Crippen molar-refractivity contribution >= 4 is 5.91 Å². The van der Waals surface area contributed by atoms with Crippen molar-refractivity contribution in [2.45, 2.75) is 45.1 Å². The molecule has 88 valence electrons. The predicted molar refractivity (Wildman–Crippen MR) is 59.3 cm³/mol. The van der Waals surface area contributed by atoms with Crippen molar-refractivity contribution in [3.05, 3.63) is 0 Å². The summed E-state index contributed by atoms with van der Waals surface area (Å²) in [7, 11) is 0. The van der Waals surface area contributed by atoms with Gasteiger partial charge in [-0.3, -0.25) is 4.79 Å². The van der Waals surface area contributed by atoms with Crippen LogP contribution in [-0.4, -0.2) is 30.2 Å². The van der Waals surface area contributed by atoms with Gasteiger partial charge in [0.2, 0.25) is 5.91 Å². The molecule has 4 N–H and O–H groups in total. The first kappa shape index (κ1) is 12.5. The van der Waals surface area contributed by atoms with Crippen LogP contribution in [0, 0.1) is 5.41 Å². The Morgan fingerprint density at radius 2 is 2.27 bits per heavy atom. The number of aliphatic hydroxyl groups excluding tert-OH is 1. The Morgan fingerprint density at radius 3 is 2.60 bits per heavy atom. The molecule has 1 rings (SSSR count). The molecule has 4 nitrogen and oxygen atoms in total. The van der Waals surface area contributed by atoms with E-state index in [0.29, 0.717) is 13.0 Å². The van der Waals surface area contributed by atoms with Crippen molar-refractivity contribution in [2.75, 3.05) is 13.2 Å². The van der Waals surface area contributed by atoms with Gasteiger partial charge in [0.1, 0.15) is 0 Å². The van der Waals surface area contributed by atoms with Crippen molar-refractivity contribution in [1.29, 1.82) is 0 Å². The first-order chi connectivity index (χ1) is 7.15. The second-order valence-electron chi connectivity index (χ2n) is 4.59. The molecular formula is C11H22N2O2. The Hall–Kier alpha value is -0.610. The zero-order valence-corrected chi connectivity index (χ0v) is 9.46. The van der Waals surface area contributed by atoms with Gasteiger partial charge in [0.25, 0.3) is 0 Å². The number of hydrogen-bond acceptors (Lipinski definition) is 3. The molecule has 0 saturated heterocycles. The zero-order valence-electron chi connectivity index (χ0n) is 9.46. The van der Waals surface area contributed by atoms with E-state index in [1.54, 1.807) is 0 Å². The summed E-state index contributed by atoms with van der Waals surface area (Å²) in [4.78, 5) is 11.7. The fourth-order valence-electron chi connectivity index (χ4n) is 2.03. The number of nitrogens with one attached hydrogen (secondary N) is 1. The molecule has 1 atom stereocenters. The van der Waals surface area contributed by atoms with Gasteiger partial charge in [-0.15, -0.1) is 0 Å². The maximum atomic E-state index is 11.7. The second kappa shape index (κ2) is 5.47. The van der Waals surface area contributed by atoms with Crippen LogP contribution in [0.2, 0.25) is 0 Å². The molecule has 0 aliphatic heterocycles. The number of carbonyl (C=O) groups is 1. The average molecular weight is 214 g/mol. The molecule has 1 amide bonds. The van der Waals surface area contributed by atoms with Crippen LogP contribution in [0.4, 0.5) is 0 Å². The van der Waals surface area contributed by atoms with Gasteiger partial charge in [-0.25, -0.2) is 0 Å². The Labute approximate surface area is 91.2 Å². The van der Waals surface area contributed by atoms with Crippen LogP contribution in [-0.2, 0) is 4.79 Å². The van der Waals surface area contributed by atoms with E-state index in [4.69, 9.17) is 10.8 Å². The molecule has 0 bridgehead atoms. The van der Waals surface area contributed by atoms with E-state index >= 15 is 0 Å². The Morgan fingerprint density at radius 1 is 1.60 bits per heavy atom. The molecule has 0 unspecified atom stereocenters. The first-order valence-electron chi connectivity index (χ1n) is 5.76. The molecule has 0 heterocycles. The standard InChI is InChI=1S/C11H22N2O2/c1-2-9(7-14)13-10(15)6-11(8-12)4-3-5-11/h9,14H,2-8,12H2,1H3,(H,13,15)/t9-/m0/s1. The van der Waals surface area contributed by atoms with Gasteiger partial charge >= 0.3 is 0 Å². The SMILES string of the molecule is CC[C@@H](CO)NC(=O)CC1(CN)CCC1. The molecule has 1 fully saturated rings. The Bertz CT molecular complexity index is 205. The molecule has 0 spiro atoms. The summed E-state index contributed by atoms with van der Waals surface area (Å²) in [6, 6.07) is -0.104. The van der Waals surface area contributed by atoms with Gasteiger partial charge in [0, 0.05) is 6.42 Å². The minimum absolute atomic E-state index is 0.0118. The number of hydrogen-bond donors (Lipinski definition) is 3. The van der Waals surface area contributed by atoms with E-state index in [9.17, 15) is 4.79 Å². The summed E-state index contributed by atoms with van der Waals surface area (Å²) in [5, 5.41) is 11.8. The Kier molecular flexibility index (Phi) is 4.54. The van der Waals surface area contributed by atoms with Crippen LogP contribution in [0.5, 0.6) is 0 Å². The summed E-state index contributed by atoms with van der Waals surface area (Å²) in [6.07, 6.45) is 4.58. The molecule has 1 aliphatic carbocycles. The molecule has 15 heavy (non-hydrogen) atoms. The summed E-state index contributed by atoms with van der Waals surface area (Å²) >= 11 is 0. The van der Waals surface area contributed by atoms with E-state index in [2.05, 4.69) is 5.32 Å². The zero-order chi connectivity index (χ0) is 11.3. The number of rotatable bonds is 6. The van der Waals surface area contributed by atoms with E-state index in [1.807, 2.05) is 6.92 Å². The van der Waals surface area contributed by atoms with Gasteiger partial charge in [-0.2, -0.15) is 0 Å². The normalized spacial score (nSPS) is 20.5. The smallest absolute Gasteiger partial charge is 0.220 e. The number of carbonyl (C=O) groups excluding carboxylic acids is 1. The van der Waals surface area contributed by atoms with Crippen molar-refractivity contribution in [3.63, 3.8) is 0 Å². The third-order valence-corrected chi connectivity index (χ3v) is 3.46. The second-order valence-corrected chi connectivity index (χ2v) is 4.59. The fourth-order valence-corrected chi connectivity index (χ4v) is 2.03. The summed E-state index contributed by atoms with van der Waals surface area (Å²) in [5.74, 6) is 0.0288. The third-order valence-electron chi connectivity index (χ3n) is 3.46. The minimum atomic E-state index is -0.104. The molecule has 1 aliphatic rings. The summed E-state index contributed by atoms with van der Waals surface area (Å²) in [6.45, 7) is 2.55. The molecule has 0 aromatic rings. The lowest BCUT2D eigenvalue weighted by Gasteiger charge is -2.40. The van der Waals surface area contributed by atoms with E-state index < -0.39 is 0 Å². The maximum Gasteiger partial charge on any atom is 0.220 e. The highest BCUT2D eigenvalue weighted by Crippen LogP contribution is 2.42. The lowest BCUT2D eigenvalue weighted by Crippen LogP contribution is -2.44. The van der Waals surface area contributed by atoms with Crippen LogP contribution in [0.3, 0.4) is 0 Å². The summed E-state index contributed by atoms with van der Waals surface area (Å²) in [5.41, 5.74) is 5.74. The van der Waals surface area contributed by atoms with Gasteiger partial charge < -0.3 is 16.2 Å². The minimum Gasteiger partial charge on any atom is -0.394 e. The average Bonchev–Trinajstić information content (AvgIpc) is 2.20.